The minimum Gasteiger partial charge on any atom is -0.493 e. The van der Waals surface area contributed by atoms with Gasteiger partial charge in [0.15, 0.2) is 17.5 Å². The van der Waals surface area contributed by atoms with Gasteiger partial charge in [-0.3, -0.25) is 4.99 Å². The Kier molecular flexibility index (Phi) is 11.1. The first-order valence-corrected chi connectivity index (χ1v) is 9.07. The van der Waals surface area contributed by atoms with Crippen LogP contribution in [0.3, 0.4) is 0 Å². The summed E-state index contributed by atoms with van der Waals surface area (Å²) < 4.78 is 16.6. The molecule has 2 aromatic rings. The van der Waals surface area contributed by atoms with Gasteiger partial charge in [-0.2, -0.15) is 0 Å². The Morgan fingerprint density at radius 3 is 2.64 bits per heavy atom. The predicted molar refractivity (Wildman–Crippen MR) is 123 cm³/mol. The van der Waals surface area contributed by atoms with E-state index in [4.69, 9.17) is 14.2 Å². The molecule has 0 saturated heterocycles. The molecule has 2 rings (SSSR count). The van der Waals surface area contributed by atoms with Crippen molar-refractivity contribution in [3.8, 4) is 17.4 Å². The number of ether oxygens (including phenoxy) is 3. The van der Waals surface area contributed by atoms with E-state index in [-0.39, 0.29) is 24.0 Å². The van der Waals surface area contributed by atoms with Gasteiger partial charge in [0.05, 0.1) is 20.3 Å². The van der Waals surface area contributed by atoms with Crippen molar-refractivity contribution in [3.63, 3.8) is 0 Å². The van der Waals surface area contributed by atoms with Crippen LogP contribution in [-0.4, -0.2) is 38.3 Å². The van der Waals surface area contributed by atoms with Crippen molar-refractivity contribution in [3.05, 3.63) is 42.1 Å². The average Bonchev–Trinajstić information content (AvgIpc) is 2.70. The molecule has 0 aliphatic carbocycles. The van der Waals surface area contributed by atoms with Gasteiger partial charge in [-0.1, -0.05) is 13.0 Å². The lowest BCUT2D eigenvalue weighted by Crippen LogP contribution is -2.30. The Balaban J connectivity index is 0.00000392. The molecule has 0 bridgehead atoms. The molecule has 1 aromatic heterocycles. The molecule has 0 aliphatic heterocycles. The van der Waals surface area contributed by atoms with E-state index in [0.717, 1.165) is 17.7 Å². The summed E-state index contributed by atoms with van der Waals surface area (Å²) in [5.74, 6) is 2.65. The molecule has 1 aromatic carbocycles. The molecule has 28 heavy (non-hydrogen) atoms. The highest BCUT2D eigenvalue weighted by Gasteiger charge is 2.09. The summed E-state index contributed by atoms with van der Waals surface area (Å²) in [6.45, 7) is 5.75. The van der Waals surface area contributed by atoms with Gasteiger partial charge in [0.1, 0.15) is 0 Å². The maximum Gasteiger partial charge on any atom is 0.218 e. The van der Waals surface area contributed by atoms with Gasteiger partial charge < -0.3 is 24.8 Å². The number of halogens is 1. The molecule has 0 radical (unpaired) electrons. The minimum absolute atomic E-state index is 0. The molecule has 0 spiro atoms. The van der Waals surface area contributed by atoms with Gasteiger partial charge in [0.2, 0.25) is 5.88 Å². The van der Waals surface area contributed by atoms with Crippen molar-refractivity contribution in [2.75, 3.05) is 32.7 Å². The SMILES string of the molecule is CCCOc1ncccc1CNC(=NC)Nc1ccc(OC)c(OCC)c1.I. The van der Waals surface area contributed by atoms with Crippen LogP contribution in [-0.2, 0) is 6.54 Å². The zero-order chi connectivity index (χ0) is 19.5. The van der Waals surface area contributed by atoms with Gasteiger partial charge in [0, 0.05) is 37.1 Å². The van der Waals surface area contributed by atoms with Crippen molar-refractivity contribution in [2.45, 2.75) is 26.8 Å². The highest BCUT2D eigenvalue weighted by Crippen LogP contribution is 2.30. The fourth-order valence-electron chi connectivity index (χ4n) is 2.40. The maximum atomic E-state index is 5.70. The first-order valence-electron chi connectivity index (χ1n) is 9.07. The van der Waals surface area contributed by atoms with Crippen molar-refractivity contribution in [2.24, 2.45) is 4.99 Å². The zero-order valence-electron chi connectivity index (χ0n) is 16.8. The Morgan fingerprint density at radius 1 is 1.14 bits per heavy atom. The summed E-state index contributed by atoms with van der Waals surface area (Å²) in [5.41, 5.74) is 1.82. The van der Waals surface area contributed by atoms with Crippen LogP contribution in [0.1, 0.15) is 25.8 Å². The number of pyridine rings is 1. The number of anilines is 1. The van der Waals surface area contributed by atoms with Gasteiger partial charge in [0.25, 0.3) is 0 Å². The van der Waals surface area contributed by atoms with Gasteiger partial charge in [-0.15, -0.1) is 24.0 Å². The van der Waals surface area contributed by atoms with Crippen molar-refractivity contribution >= 4 is 35.6 Å². The summed E-state index contributed by atoms with van der Waals surface area (Å²) in [6, 6.07) is 9.53. The predicted octanol–water partition coefficient (Wildman–Crippen LogP) is 4.08. The van der Waals surface area contributed by atoms with Gasteiger partial charge in [-0.25, -0.2) is 4.98 Å². The summed E-state index contributed by atoms with van der Waals surface area (Å²) in [5, 5.41) is 6.53. The summed E-state index contributed by atoms with van der Waals surface area (Å²) in [7, 11) is 3.34. The van der Waals surface area contributed by atoms with Crippen molar-refractivity contribution in [1.29, 1.82) is 0 Å². The first-order chi connectivity index (χ1) is 13.2. The topological polar surface area (TPSA) is 77.0 Å². The van der Waals surface area contributed by atoms with E-state index < -0.39 is 0 Å². The monoisotopic (exact) mass is 500 g/mol. The van der Waals surface area contributed by atoms with Crippen LogP contribution in [0.25, 0.3) is 0 Å². The number of hydrogen-bond donors (Lipinski definition) is 2. The molecule has 8 heteroatoms. The Morgan fingerprint density at radius 2 is 1.96 bits per heavy atom. The highest BCUT2D eigenvalue weighted by molar-refractivity contribution is 14.0. The lowest BCUT2D eigenvalue weighted by atomic mass is 10.2. The molecule has 0 atom stereocenters. The molecule has 2 N–H and O–H groups in total. The van der Waals surface area contributed by atoms with Crippen LogP contribution in [0.4, 0.5) is 5.69 Å². The van der Waals surface area contributed by atoms with E-state index in [9.17, 15) is 0 Å². The maximum absolute atomic E-state index is 5.70. The number of hydrogen-bond acceptors (Lipinski definition) is 5. The van der Waals surface area contributed by atoms with Crippen LogP contribution < -0.4 is 24.8 Å². The number of nitrogens with one attached hydrogen (secondary N) is 2. The van der Waals surface area contributed by atoms with Crippen molar-refractivity contribution in [1.82, 2.24) is 10.3 Å². The van der Waals surface area contributed by atoms with Crippen LogP contribution in [0, 0.1) is 0 Å². The lowest BCUT2D eigenvalue weighted by molar-refractivity contribution is 0.301. The third-order valence-corrected chi connectivity index (χ3v) is 3.69. The number of guanidine groups is 1. The second-order valence-corrected chi connectivity index (χ2v) is 5.67. The third-order valence-electron chi connectivity index (χ3n) is 3.69. The van der Waals surface area contributed by atoms with Gasteiger partial charge >= 0.3 is 0 Å². The molecule has 1 heterocycles. The van der Waals surface area contributed by atoms with E-state index in [2.05, 4.69) is 27.5 Å². The van der Waals surface area contributed by atoms with E-state index in [1.54, 1.807) is 20.4 Å². The number of nitrogens with zero attached hydrogens (tertiary/aromatic N) is 2. The zero-order valence-corrected chi connectivity index (χ0v) is 19.2. The van der Waals surface area contributed by atoms with E-state index in [1.807, 2.05) is 37.3 Å². The fourth-order valence-corrected chi connectivity index (χ4v) is 2.40. The number of rotatable bonds is 9. The van der Waals surface area contributed by atoms with E-state index >= 15 is 0 Å². The molecular weight excluding hydrogens is 471 g/mol. The molecule has 0 fully saturated rings. The first kappa shape index (κ1) is 23.8. The van der Waals surface area contributed by atoms with Crippen LogP contribution in [0.15, 0.2) is 41.5 Å². The molecule has 154 valence electrons. The molecular formula is C20H29IN4O3. The second kappa shape index (κ2) is 13.0. The van der Waals surface area contributed by atoms with Crippen LogP contribution in [0.5, 0.6) is 17.4 Å². The quantitative estimate of drug-likeness (QED) is 0.307. The summed E-state index contributed by atoms with van der Waals surface area (Å²) in [6.07, 6.45) is 2.67. The standard InChI is InChI=1S/C20H28N4O3.HI/c1-5-12-27-19-15(8-7-11-22-19)14-23-20(21-3)24-16-9-10-17(25-4)18(13-16)26-6-2;/h7-11,13H,5-6,12,14H2,1-4H3,(H2,21,23,24);1H. The molecule has 0 aliphatic rings. The molecule has 7 nitrogen and oxygen atoms in total. The Labute approximate surface area is 183 Å². The molecule has 0 saturated carbocycles. The third kappa shape index (κ3) is 7.06. The number of aliphatic imine (C=N–C) groups is 1. The Hall–Kier alpha value is -2.23. The van der Waals surface area contributed by atoms with Crippen LogP contribution >= 0.6 is 24.0 Å². The van der Waals surface area contributed by atoms with Crippen molar-refractivity contribution < 1.29 is 14.2 Å². The smallest absolute Gasteiger partial charge is 0.218 e. The van der Waals surface area contributed by atoms with E-state index in [1.165, 1.54) is 0 Å². The fraction of sp³-hybridized carbons (Fsp3) is 0.400. The molecule has 0 unspecified atom stereocenters. The largest absolute Gasteiger partial charge is 0.493 e. The average molecular weight is 500 g/mol. The minimum atomic E-state index is 0. The lowest BCUT2D eigenvalue weighted by Gasteiger charge is -2.15. The summed E-state index contributed by atoms with van der Waals surface area (Å²) in [4.78, 5) is 8.57. The van der Waals surface area contributed by atoms with E-state index in [0.29, 0.717) is 43.1 Å². The summed E-state index contributed by atoms with van der Waals surface area (Å²) >= 11 is 0. The number of aromatic nitrogens is 1. The number of benzene rings is 1. The highest BCUT2D eigenvalue weighted by atomic mass is 127. The molecule has 0 amide bonds. The normalized spacial score (nSPS) is 10.6. The number of methoxy groups -OCH3 is 1. The Bertz CT molecular complexity index is 756. The van der Waals surface area contributed by atoms with Crippen LogP contribution in [0.2, 0.25) is 0 Å². The second-order valence-electron chi connectivity index (χ2n) is 5.67. The van der Waals surface area contributed by atoms with Gasteiger partial charge in [-0.05, 0) is 31.5 Å².